The molecule has 21 heavy (non-hydrogen) atoms. The summed E-state index contributed by atoms with van der Waals surface area (Å²) in [5, 5.41) is 2.34. The van der Waals surface area contributed by atoms with Crippen LogP contribution in [-0.4, -0.2) is 5.16 Å². The van der Waals surface area contributed by atoms with Gasteiger partial charge in [-0.05, 0) is 67.7 Å². The average Bonchev–Trinajstić information content (AvgIpc) is 2.53. The van der Waals surface area contributed by atoms with E-state index in [0.717, 1.165) is 22.6 Å². The van der Waals surface area contributed by atoms with Gasteiger partial charge in [0.1, 0.15) is 5.75 Å². The van der Waals surface area contributed by atoms with Gasteiger partial charge in [0.15, 0.2) is 0 Å². The second-order valence-electron chi connectivity index (χ2n) is 4.11. The van der Waals surface area contributed by atoms with Gasteiger partial charge in [0.05, 0.1) is 17.1 Å². The molecule has 0 unspecified atom stereocenters. The summed E-state index contributed by atoms with van der Waals surface area (Å²) in [5.74, 6) is 7.00. The minimum absolute atomic E-state index is 0.779. The molecule has 0 radical (unpaired) electrons. The fraction of sp³-hybridized carbons (Fsp3) is 0.0556. The molecule has 2 rings (SSSR count). The van der Waals surface area contributed by atoms with Gasteiger partial charge < -0.3 is 4.74 Å². The summed E-state index contributed by atoms with van der Waals surface area (Å²) < 4.78 is 5.36. The fourth-order valence-electron chi connectivity index (χ4n) is 1.58. The number of aliphatic imine (C=N–C) groups is 1. The maximum Gasteiger partial charge on any atom is 0.126 e. The topological polar surface area (TPSA) is 21.6 Å². The Morgan fingerprint density at radius 2 is 1.52 bits per heavy atom. The van der Waals surface area contributed by atoms with E-state index >= 15 is 0 Å². The van der Waals surface area contributed by atoms with Crippen LogP contribution in [-0.2, 0) is 0 Å². The molecule has 2 aromatic carbocycles. The van der Waals surface area contributed by atoms with E-state index in [9.17, 15) is 0 Å². The van der Waals surface area contributed by atoms with Gasteiger partial charge in [0.25, 0.3) is 0 Å². The normalized spacial score (nSPS) is 9.57. The van der Waals surface area contributed by atoms with Gasteiger partial charge in [-0.3, -0.25) is 0 Å². The third-order valence-electron chi connectivity index (χ3n) is 2.59. The number of benzene rings is 2. The van der Waals surface area contributed by atoms with E-state index in [0.29, 0.717) is 0 Å². The minimum Gasteiger partial charge on any atom is -0.465 e. The smallest absolute Gasteiger partial charge is 0.126 e. The van der Waals surface area contributed by atoms with Crippen LogP contribution >= 0.6 is 12.2 Å². The average molecular weight is 291 g/mol. The standard InChI is InChI=1S/C18H13NOS/c1-2-13-20-18-11-7-16(8-12-18)4-3-15-5-9-17(10-6-15)19-14-21/h2,5-13H,1H3. The monoisotopic (exact) mass is 291 g/mol. The van der Waals surface area contributed by atoms with Gasteiger partial charge in [-0.1, -0.05) is 17.9 Å². The molecule has 0 heterocycles. The van der Waals surface area contributed by atoms with E-state index in [1.165, 1.54) is 0 Å². The van der Waals surface area contributed by atoms with Gasteiger partial charge in [-0.15, -0.1) is 0 Å². The number of hydrogen-bond acceptors (Lipinski definition) is 3. The van der Waals surface area contributed by atoms with Gasteiger partial charge >= 0.3 is 0 Å². The number of allylic oxidation sites excluding steroid dienone is 1. The summed E-state index contributed by atoms with van der Waals surface area (Å²) in [7, 11) is 0. The second-order valence-corrected chi connectivity index (χ2v) is 4.29. The molecule has 0 aliphatic heterocycles. The summed E-state index contributed by atoms with van der Waals surface area (Å²) in [6.45, 7) is 1.91. The summed E-state index contributed by atoms with van der Waals surface area (Å²) >= 11 is 4.56. The zero-order valence-electron chi connectivity index (χ0n) is 11.5. The highest BCUT2D eigenvalue weighted by Crippen LogP contribution is 2.13. The molecule has 0 amide bonds. The predicted molar refractivity (Wildman–Crippen MR) is 89.0 cm³/mol. The van der Waals surface area contributed by atoms with Crippen molar-refractivity contribution in [2.24, 2.45) is 4.99 Å². The van der Waals surface area contributed by atoms with Crippen LogP contribution in [0.25, 0.3) is 0 Å². The van der Waals surface area contributed by atoms with E-state index in [-0.39, 0.29) is 0 Å². The van der Waals surface area contributed by atoms with Gasteiger partial charge in [-0.25, -0.2) is 0 Å². The van der Waals surface area contributed by atoms with Gasteiger partial charge in [0, 0.05) is 11.1 Å². The van der Waals surface area contributed by atoms with Crippen LogP contribution in [0.15, 0.2) is 65.9 Å². The van der Waals surface area contributed by atoms with Crippen molar-refractivity contribution in [3.63, 3.8) is 0 Å². The molecular weight excluding hydrogens is 278 g/mol. The molecule has 0 atom stereocenters. The first-order valence-electron chi connectivity index (χ1n) is 6.39. The zero-order valence-corrected chi connectivity index (χ0v) is 12.4. The molecule has 0 aromatic heterocycles. The first-order valence-corrected chi connectivity index (χ1v) is 6.80. The highest BCUT2D eigenvalue weighted by molar-refractivity contribution is 7.78. The molecule has 0 N–H and O–H groups in total. The van der Waals surface area contributed by atoms with Crippen molar-refractivity contribution < 1.29 is 4.74 Å². The fourth-order valence-corrected chi connectivity index (χ4v) is 1.69. The number of nitrogens with zero attached hydrogens (tertiary/aromatic N) is 1. The van der Waals surface area contributed by atoms with E-state index in [1.54, 1.807) is 6.26 Å². The summed E-state index contributed by atoms with van der Waals surface area (Å²) in [6.07, 6.45) is 3.48. The summed E-state index contributed by atoms with van der Waals surface area (Å²) in [5.41, 5.74) is 2.64. The number of thiocarbonyl (C=S) groups is 1. The second kappa shape index (κ2) is 7.81. The lowest BCUT2D eigenvalue weighted by molar-refractivity contribution is 0.480. The number of isothiocyanates is 1. The molecular formula is C18H13NOS. The molecule has 2 nitrogen and oxygen atoms in total. The SMILES string of the molecule is CC=COc1ccc(C#Cc2ccc(N=C=S)cc2)cc1. The van der Waals surface area contributed by atoms with E-state index in [4.69, 9.17) is 4.74 Å². The van der Waals surface area contributed by atoms with Gasteiger partial charge in [-0.2, -0.15) is 4.99 Å². The van der Waals surface area contributed by atoms with Crippen molar-refractivity contribution in [3.05, 3.63) is 72.0 Å². The van der Waals surface area contributed by atoms with Crippen LogP contribution in [0, 0.1) is 11.8 Å². The Morgan fingerprint density at radius 1 is 0.952 bits per heavy atom. The Labute approximate surface area is 129 Å². The molecule has 0 fully saturated rings. The summed E-state index contributed by atoms with van der Waals surface area (Å²) in [4.78, 5) is 3.90. The van der Waals surface area contributed by atoms with Crippen LogP contribution in [0.3, 0.4) is 0 Å². The van der Waals surface area contributed by atoms with Crippen molar-refractivity contribution >= 4 is 23.1 Å². The molecule has 0 aliphatic rings. The molecule has 0 spiro atoms. The van der Waals surface area contributed by atoms with Crippen molar-refractivity contribution in [2.45, 2.75) is 6.92 Å². The maximum absolute atomic E-state index is 5.36. The minimum atomic E-state index is 0.779. The molecule has 102 valence electrons. The van der Waals surface area contributed by atoms with E-state index in [1.807, 2.05) is 61.5 Å². The highest BCUT2D eigenvalue weighted by atomic mass is 32.1. The molecule has 3 heteroatoms. The van der Waals surface area contributed by atoms with Crippen LogP contribution in [0.1, 0.15) is 18.1 Å². The van der Waals surface area contributed by atoms with Crippen LogP contribution in [0.4, 0.5) is 5.69 Å². The largest absolute Gasteiger partial charge is 0.465 e. The lowest BCUT2D eigenvalue weighted by Crippen LogP contribution is -1.81. The first kappa shape index (κ1) is 14.7. The number of hydrogen-bond donors (Lipinski definition) is 0. The predicted octanol–water partition coefficient (Wildman–Crippen LogP) is 4.73. The quantitative estimate of drug-likeness (QED) is 0.353. The van der Waals surface area contributed by atoms with E-state index < -0.39 is 0 Å². The van der Waals surface area contributed by atoms with Gasteiger partial charge in [0.2, 0.25) is 0 Å². The zero-order chi connectivity index (χ0) is 14.9. The van der Waals surface area contributed by atoms with Crippen molar-refractivity contribution in [1.82, 2.24) is 0 Å². The van der Waals surface area contributed by atoms with Crippen LogP contribution in [0.2, 0.25) is 0 Å². The Hall–Kier alpha value is -2.66. The Kier molecular flexibility index (Phi) is 5.49. The first-order chi connectivity index (χ1) is 10.3. The molecule has 0 saturated carbocycles. The lowest BCUT2D eigenvalue weighted by atomic mass is 10.1. The Bertz CT molecular complexity index is 728. The molecule has 0 aliphatic carbocycles. The van der Waals surface area contributed by atoms with E-state index in [2.05, 4.69) is 34.2 Å². The lowest BCUT2D eigenvalue weighted by Gasteiger charge is -1.98. The maximum atomic E-state index is 5.36. The van der Waals surface area contributed by atoms with Crippen LogP contribution < -0.4 is 4.74 Å². The van der Waals surface area contributed by atoms with Crippen molar-refractivity contribution in [2.75, 3.05) is 0 Å². The number of rotatable bonds is 3. The molecule has 0 bridgehead atoms. The van der Waals surface area contributed by atoms with Crippen molar-refractivity contribution in [3.8, 4) is 17.6 Å². The third kappa shape index (κ3) is 4.74. The Morgan fingerprint density at radius 3 is 2.05 bits per heavy atom. The molecule has 0 saturated heterocycles. The third-order valence-corrected chi connectivity index (χ3v) is 2.68. The molecule has 2 aromatic rings. The Balaban J connectivity index is 2.09. The number of ether oxygens (including phenoxy) is 1. The summed E-state index contributed by atoms with van der Waals surface area (Å²) in [6, 6.07) is 15.2. The van der Waals surface area contributed by atoms with Crippen LogP contribution in [0.5, 0.6) is 5.75 Å². The van der Waals surface area contributed by atoms with Crippen molar-refractivity contribution in [1.29, 1.82) is 0 Å². The highest BCUT2D eigenvalue weighted by Gasteiger charge is 1.92.